The van der Waals surface area contributed by atoms with Gasteiger partial charge in [0.2, 0.25) is 0 Å². The first-order valence-corrected chi connectivity index (χ1v) is 7.03. The van der Waals surface area contributed by atoms with Gasteiger partial charge in [-0.3, -0.25) is 0 Å². The molecule has 104 valence electrons. The molecule has 0 amide bonds. The molecule has 1 aliphatic rings. The maximum Gasteiger partial charge on any atom is 0.488 e. The molecule has 1 aromatic carbocycles. The molecule has 2 rings (SSSR count). The lowest BCUT2D eigenvalue weighted by Gasteiger charge is -2.34. The van der Waals surface area contributed by atoms with Crippen molar-refractivity contribution in [3.05, 3.63) is 29.8 Å². The molecule has 0 radical (unpaired) electrons. The maximum absolute atomic E-state index is 9.02. The predicted molar refractivity (Wildman–Crippen MR) is 77.1 cm³/mol. The summed E-state index contributed by atoms with van der Waals surface area (Å²) in [5.41, 5.74) is 2.07. The highest BCUT2D eigenvalue weighted by molar-refractivity contribution is 6.58. The van der Waals surface area contributed by atoms with Crippen molar-refractivity contribution in [3.8, 4) is 0 Å². The first kappa shape index (κ1) is 14.6. The fraction of sp³-hybridized carbons (Fsp3) is 0.600. The van der Waals surface area contributed by atoms with Crippen LogP contribution >= 0.6 is 0 Å². The van der Waals surface area contributed by atoms with Gasteiger partial charge in [0.25, 0.3) is 0 Å². The van der Waals surface area contributed by atoms with E-state index in [0.717, 1.165) is 18.4 Å². The van der Waals surface area contributed by atoms with Crippen LogP contribution in [0.5, 0.6) is 0 Å². The van der Waals surface area contributed by atoms with E-state index in [1.165, 1.54) is 12.8 Å². The van der Waals surface area contributed by atoms with Crippen LogP contribution in [0.2, 0.25) is 0 Å². The lowest BCUT2D eigenvalue weighted by Crippen LogP contribution is -2.29. The van der Waals surface area contributed by atoms with Gasteiger partial charge in [0.05, 0.1) is 12.7 Å². The molecule has 2 N–H and O–H groups in total. The van der Waals surface area contributed by atoms with E-state index in [0.29, 0.717) is 23.6 Å². The Balaban J connectivity index is 1.79. The highest BCUT2D eigenvalue weighted by atomic mass is 16.5. The molecule has 19 heavy (non-hydrogen) atoms. The number of hydrogen-bond donors (Lipinski definition) is 2. The van der Waals surface area contributed by atoms with Gasteiger partial charge < -0.3 is 14.8 Å². The van der Waals surface area contributed by atoms with Crippen LogP contribution in [0.25, 0.3) is 0 Å². The molecular weight excluding hydrogens is 239 g/mol. The first-order chi connectivity index (χ1) is 8.96. The standard InChI is InChI=1S/C15H23BO3/c1-15(2)9-7-14(8-10-15)19-11-12-3-5-13(6-4-12)16(17)18/h3-6,14,17-18H,7-11H2,1-2H3. The quantitative estimate of drug-likeness (QED) is 0.814. The molecule has 0 unspecified atom stereocenters. The Labute approximate surface area is 115 Å². The summed E-state index contributed by atoms with van der Waals surface area (Å²) >= 11 is 0. The molecule has 0 aliphatic heterocycles. The third-order valence-corrected chi connectivity index (χ3v) is 4.05. The third-order valence-electron chi connectivity index (χ3n) is 4.05. The normalized spacial score (nSPS) is 19.4. The van der Waals surface area contributed by atoms with Crippen LogP contribution in [-0.2, 0) is 11.3 Å². The Kier molecular flexibility index (Phi) is 4.66. The van der Waals surface area contributed by atoms with Gasteiger partial charge in [0.15, 0.2) is 0 Å². The van der Waals surface area contributed by atoms with Crippen molar-refractivity contribution in [1.29, 1.82) is 0 Å². The second kappa shape index (κ2) is 6.08. The first-order valence-electron chi connectivity index (χ1n) is 7.03. The van der Waals surface area contributed by atoms with E-state index < -0.39 is 7.12 Å². The second-order valence-corrected chi connectivity index (χ2v) is 6.29. The van der Waals surface area contributed by atoms with E-state index >= 15 is 0 Å². The van der Waals surface area contributed by atoms with Crippen LogP contribution < -0.4 is 5.46 Å². The third kappa shape index (κ3) is 4.34. The molecule has 1 fully saturated rings. The maximum atomic E-state index is 9.02. The predicted octanol–water partition coefficient (Wildman–Crippen LogP) is 1.85. The van der Waals surface area contributed by atoms with E-state index in [1.807, 2.05) is 12.1 Å². The van der Waals surface area contributed by atoms with Crippen molar-refractivity contribution in [2.75, 3.05) is 0 Å². The molecule has 0 bridgehead atoms. The summed E-state index contributed by atoms with van der Waals surface area (Å²) in [6.07, 6.45) is 5.11. The van der Waals surface area contributed by atoms with Crippen molar-refractivity contribution in [1.82, 2.24) is 0 Å². The van der Waals surface area contributed by atoms with Crippen molar-refractivity contribution in [2.45, 2.75) is 52.2 Å². The Hall–Kier alpha value is -0.835. The number of ether oxygens (including phenoxy) is 1. The molecule has 3 nitrogen and oxygen atoms in total. The van der Waals surface area contributed by atoms with Crippen molar-refractivity contribution >= 4 is 12.6 Å². The summed E-state index contributed by atoms with van der Waals surface area (Å²) in [6.45, 7) is 5.25. The second-order valence-electron chi connectivity index (χ2n) is 6.29. The molecule has 1 saturated carbocycles. The zero-order valence-corrected chi connectivity index (χ0v) is 11.8. The van der Waals surface area contributed by atoms with Crippen molar-refractivity contribution in [3.63, 3.8) is 0 Å². The van der Waals surface area contributed by atoms with Gasteiger partial charge in [-0.05, 0) is 42.1 Å². The lowest BCUT2D eigenvalue weighted by atomic mass is 9.76. The van der Waals surface area contributed by atoms with E-state index in [-0.39, 0.29) is 0 Å². The molecule has 0 aromatic heterocycles. The SMILES string of the molecule is CC1(C)CCC(OCc2ccc(B(O)O)cc2)CC1. The van der Waals surface area contributed by atoms with E-state index in [1.54, 1.807) is 12.1 Å². The zero-order valence-electron chi connectivity index (χ0n) is 11.8. The molecule has 1 aliphatic carbocycles. The molecule has 0 spiro atoms. The van der Waals surface area contributed by atoms with Crippen molar-refractivity contribution < 1.29 is 14.8 Å². The minimum Gasteiger partial charge on any atom is -0.423 e. The van der Waals surface area contributed by atoms with Crippen LogP contribution in [0, 0.1) is 5.41 Å². The van der Waals surface area contributed by atoms with Crippen LogP contribution in [-0.4, -0.2) is 23.3 Å². The van der Waals surface area contributed by atoms with Crippen molar-refractivity contribution in [2.24, 2.45) is 5.41 Å². The summed E-state index contributed by atoms with van der Waals surface area (Å²) in [6, 6.07) is 7.24. The zero-order chi connectivity index (χ0) is 13.9. The number of hydrogen-bond acceptors (Lipinski definition) is 3. The minimum absolute atomic E-state index is 0.371. The van der Waals surface area contributed by atoms with Gasteiger partial charge >= 0.3 is 7.12 Å². The van der Waals surface area contributed by atoms with Gasteiger partial charge in [-0.15, -0.1) is 0 Å². The average Bonchev–Trinajstić information content (AvgIpc) is 2.38. The van der Waals surface area contributed by atoms with E-state index in [2.05, 4.69) is 13.8 Å². The van der Waals surface area contributed by atoms with Crippen LogP contribution in [0.1, 0.15) is 45.1 Å². The molecule has 1 aromatic rings. The number of rotatable bonds is 4. The average molecular weight is 262 g/mol. The fourth-order valence-electron chi connectivity index (χ4n) is 2.54. The summed E-state index contributed by atoms with van der Waals surface area (Å²) < 4.78 is 5.94. The van der Waals surface area contributed by atoms with Gasteiger partial charge in [0.1, 0.15) is 0 Å². The van der Waals surface area contributed by atoms with Crippen LogP contribution in [0.3, 0.4) is 0 Å². The molecule has 0 heterocycles. The van der Waals surface area contributed by atoms with Gasteiger partial charge in [-0.2, -0.15) is 0 Å². The molecule has 0 saturated heterocycles. The monoisotopic (exact) mass is 262 g/mol. The topological polar surface area (TPSA) is 49.7 Å². The highest BCUT2D eigenvalue weighted by Gasteiger charge is 2.27. The van der Waals surface area contributed by atoms with Gasteiger partial charge in [-0.25, -0.2) is 0 Å². The fourth-order valence-corrected chi connectivity index (χ4v) is 2.54. The largest absolute Gasteiger partial charge is 0.488 e. The van der Waals surface area contributed by atoms with E-state index in [4.69, 9.17) is 14.8 Å². The Morgan fingerprint density at radius 3 is 2.26 bits per heavy atom. The minimum atomic E-state index is -1.39. The smallest absolute Gasteiger partial charge is 0.423 e. The van der Waals surface area contributed by atoms with Gasteiger partial charge in [0, 0.05) is 0 Å². The Bertz CT molecular complexity index is 390. The molecular formula is C15H23BO3. The van der Waals surface area contributed by atoms with Crippen LogP contribution in [0.15, 0.2) is 24.3 Å². The van der Waals surface area contributed by atoms with E-state index in [9.17, 15) is 0 Å². The summed E-state index contributed by atoms with van der Waals surface area (Å²) in [5, 5.41) is 18.0. The summed E-state index contributed by atoms with van der Waals surface area (Å²) in [7, 11) is -1.39. The Morgan fingerprint density at radius 1 is 1.16 bits per heavy atom. The number of benzene rings is 1. The highest BCUT2D eigenvalue weighted by Crippen LogP contribution is 2.36. The Morgan fingerprint density at radius 2 is 1.74 bits per heavy atom. The van der Waals surface area contributed by atoms with Crippen LogP contribution in [0.4, 0.5) is 0 Å². The molecule has 0 atom stereocenters. The molecule has 4 heteroatoms. The summed E-state index contributed by atoms with van der Waals surface area (Å²) in [4.78, 5) is 0. The van der Waals surface area contributed by atoms with Gasteiger partial charge in [-0.1, -0.05) is 38.1 Å². The lowest BCUT2D eigenvalue weighted by molar-refractivity contribution is -0.00558. The summed E-state index contributed by atoms with van der Waals surface area (Å²) in [5.74, 6) is 0.